The normalized spacial score (nSPS) is 10.6. The molecule has 3 aromatic carbocycles. The molecule has 0 spiro atoms. The van der Waals surface area contributed by atoms with E-state index in [-0.39, 0.29) is 11.7 Å². The maximum atomic E-state index is 10.9. The van der Waals surface area contributed by atoms with Crippen molar-refractivity contribution < 1.29 is 14.6 Å². The highest BCUT2D eigenvalue weighted by atomic mass is 16.5. The first-order valence-corrected chi connectivity index (χ1v) is 8.26. The molecule has 0 heterocycles. The molecule has 0 aliphatic rings. The van der Waals surface area contributed by atoms with Crippen LogP contribution >= 0.6 is 0 Å². The zero-order chi connectivity index (χ0) is 17.8. The first-order valence-electron chi connectivity index (χ1n) is 8.26. The smallest absolute Gasteiger partial charge is 0.216 e. The zero-order valence-corrected chi connectivity index (χ0v) is 14.4. The molecule has 4 nitrogen and oxygen atoms in total. The summed E-state index contributed by atoms with van der Waals surface area (Å²) in [4.78, 5) is 10.9. The second-order valence-corrected chi connectivity index (χ2v) is 6.13. The number of rotatable bonds is 5. The van der Waals surface area contributed by atoms with Gasteiger partial charge in [-0.1, -0.05) is 24.3 Å². The summed E-state index contributed by atoms with van der Waals surface area (Å²) in [5.41, 5.74) is 2.07. The molecule has 128 valence electrons. The van der Waals surface area contributed by atoms with Crippen molar-refractivity contribution in [3.63, 3.8) is 0 Å². The number of hydrogen-bond donors (Lipinski definition) is 2. The van der Waals surface area contributed by atoms with Crippen LogP contribution in [-0.4, -0.2) is 17.6 Å². The van der Waals surface area contributed by atoms with Gasteiger partial charge < -0.3 is 15.2 Å². The van der Waals surface area contributed by atoms with E-state index in [0.29, 0.717) is 6.54 Å². The second kappa shape index (κ2) is 7.26. The van der Waals surface area contributed by atoms with Gasteiger partial charge in [0.05, 0.1) is 0 Å². The summed E-state index contributed by atoms with van der Waals surface area (Å²) in [6.07, 6.45) is 0.806. The number of fused-ring (bicyclic) bond motifs is 1. The number of carbonyl (C=O) groups is 1. The Bertz CT molecular complexity index is 918. The molecular formula is C21H21NO3. The molecule has 25 heavy (non-hydrogen) atoms. The molecule has 0 aliphatic heterocycles. The number of carbonyl (C=O) groups excluding carboxylic acids is 1. The van der Waals surface area contributed by atoms with Gasteiger partial charge in [0.1, 0.15) is 17.2 Å². The fraction of sp³-hybridized carbons (Fsp3) is 0.190. The Balaban J connectivity index is 1.77. The largest absolute Gasteiger partial charge is 0.508 e. The summed E-state index contributed by atoms with van der Waals surface area (Å²) in [7, 11) is 0. The number of phenols is 1. The molecule has 3 rings (SSSR count). The van der Waals surface area contributed by atoms with Gasteiger partial charge in [-0.25, -0.2) is 0 Å². The summed E-state index contributed by atoms with van der Waals surface area (Å²) in [6.45, 7) is 4.07. The van der Waals surface area contributed by atoms with Gasteiger partial charge in [0.25, 0.3) is 0 Å². The number of aromatic hydroxyl groups is 1. The second-order valence-electron chi connectivity index (χ2n) is 6.13. The summed E-state index contributed by atoms with van der Waals surface area (Å²) >= 11 is 0. The van der Waals surface area contributed by atoms with E-state index in [1.54, 1.807) is 18.2 Å². The molecule has 3 aromatic rings. The topological polar surface area (TPSA) is 58.6 Å². The van der Waals surface area contributed by atoms with Gasteiger partial charge in [-0.15, -0.1) is 0 Å². The predicted octanol–water partition coefficient (Wildman–Crippen LogP) is 4.32. The number of phenolic OH excluding ortho intramolecular Hbond substituents is 1. The summed E-state index contributed by atoms with van der Waals surface area (Å²) in [5.74, 6) is 1.71. The predicted molar refractivity (Wildman–Crippen MR) is 99.3 cm³/mol. The average molecular weight is 335 g/mol. The van der Waals surface area contributed by atoms with Crippen LogP contribution in [0.5, 0.6) is 17.2 Å². The van der Waals surface area contributed by atoms with Crippen LogP contribution in [0.2, 0.25) is 0 Å². The number of benzene rings is 3. The SMILES string of the molecule is CC(=O)NCCc1ccc2cc(Oc3ccc(O)cc3C)ccc2c1. The fourth-order valence-electron chi connectivity index (χ4n) is 2.75. The Morgan fingerprint density at radius 2 is 1.80 bits per heavy atom. The standard InChI is InChI=1S/C21H21NO3/c1-14-11-19(24)6-8-21(14)25-20-7-5-17-12-16(3-4-18(17)13-20)9-10-22-15(2)23/h3-8,11-13,24H,9-10H2,1-2H3,(H,22,23). The van der Waals surface area contributed by atoms with Crippen LogP contribution in [0.1, 0.15) is 18.1 Å². The summed E-state index contributed by atoms with van der Waals surface area (Å²) in [6, 6.07) is 17.3. The van der Waals surface area contributed by atoms with E-state index in [9.17, 15) is 9.90 Å². The summed E-state index contributed by atoms with van der Waals surface area (Å²) in [5, 5.41) is 14.5. The third-order valence-electron chi connectivity index (χ3n) is 4.05. The lowest BCUT2D eigenvalue weighted by Crippen LogP contribution is -2.22. The number of aryl methyl sites for hydroxylation is 1. The lowest BCUT2D eigenvalue weighted by Gasteiger charge is -2.10. The van der Waals surface area contributed by atoms with Gasteiger partial charge in [-0.05, 0) is 65.6 Å². The van der Waals surface area contributed by atoms with Gasteiger partial charge in [-0.2, -0.15) is 0 Å². The quantitative estimate of drug-likeness (QED) is 0.730. The van der Waals surface area contributed by atoms with Gasteiger partial charge in [0.2, 0.25) is 5.91 Å². The Morgan fingerprint density at radius 1 is 1.04 bits per heavy atom. The lowest BCUT2D eigenvalue weighted by atomic mass is 10.0. The first kappa shape index (κ1) is 16.8. The molecule has 0 saturated heterocycles. The molecule has 0 radical (unpaired) electrons. The van der Waals surface area contributed by atoms with Crippen LogP contribution in [0.4, 0.5) is 0 Å². The van der Waals surface area contributed by atoms with E-state index < -0.39 is 0 Å². The van der Waals surface area contributed by atoms with E-state index in [1.165, 1.54) is 12.5 Å². The van der Waals surface area contributed by atoms with Crippen molar-refractivity contribution in [1.29, 1.82) is 0 Å². The Morgan fingerprint density at radius 3 is 2.56 bits per heavy atom. The van der Waals surface area contributed by atoms with Crippen molar-refractivity contribution >= 4 is 16.7 Å². The number of hydrogen-bond acceptors (Lipinski definition) is 3. The number of ether oxygens (including phenoxy) is 1. The molecule has 0 atom stereocenters. The highest BCUT2D eigenvalue weighted by Crippen LogP contribution is 2.30. The Hall–Kier alpha value is -3.01. The molecule has 0 unspecified atom stereocenters. The molecular weight excluding hydrogens is 314 g/mol. The summed E-state index contributed by atoms with van der Waals surface area (Å²) < 4.78 is 5.94. The minimum atomic E-state index is -0.00731. The van der Waals surface area contributed by atoms with E-state index in [0.717, 1.165) is 34.3 Å². The van der Waals surface area contributed by atoms with Crippen molar-refractivity contribution in [2.24, 2.45) is 0 Å². The maximum Gasteiger partial charge on any atom is 0.216 e. The molecule has 2 N–H and O–H groups in total. The van der Waals surface area contributed by atoms with Crippen molar-refractivity contribution in [3.8, 4) is 17.2 Å². The molecule has 0 aromatic heterocycles. The number of nitrogens with one attached hydrogen (secondary N) is 1. The molecule has 0 aliphatic carbocycles. The minimum absolute atomic E-state index is 0.00731. The number of amides is 1. The highest BCUT2D eigenvalue weighted by molar-refractivity contribution is 5.84. The lowest BCUT2D eigenvalue weighted by molar-refractivity contribution is -0.118. The van der Waals surface area contributed by atoms with Crippen molar-refractivity contribution in [1.82, 2.24) is 5.32 Å². The van der Waals surface area contributed by atoms with Crippen molar-refractivity contribution in [2.45, 2.75) is 20.3 Å². The third-order valence-corrected chi connectivity index (χ3v) is 4.05. The van der Waals surface area contributed by atoms with Crippen LogP contribution in [0.25, 0.3) is 10.8 Å². The molecule has 0 saturated carbocycles. The maximum absolute atomic E-state index is 10.9. The van der Waals surface area contributed by atoms with Crippen molar-refractivity contribution in [3.05, 3.63) is 65.7 Å². The molecule has 1 amide bonds. The monoisotopic (exact) mass is 335 g/mol. The first-order chi connectivity index (χ1) is 12.0. The van der Waals surface area contributed by atoms with Crippen molar-refractivity contribution in [2.75, 3.05) is 6.54 Å². The van der Waals surface area contributed by atoms with Gasteiger partial charge in [0, 0.05) is 13.5 Å². The van der Waals surface area contributed by atoms with Gasteiger partial charge >= 0.3 is 0 Å². The zero-order valence-electron chi connectivity index (χ0n) is 14.4. The van der Waals surface area contributed by atoms with Crippen LogP contribution < -0.4 is 10.1 Å². The van der Waals surface area contributed by atoms with Gasteiger partial charge in [-0.3, -0.25) is 4.79 Å². The third kappa shape index (κ3) is 4.29. The van der Waals surface area contributed by atoms with E-state index in [4.69, 9.17) is 4.74 Å². The molecule has 4 heteroatoms. The van der Waals surface area contributed by atoms with Crippen LogP contribution in [0.3, 0.4) is 0 Å². The molecule has 0 bridgehead atoms. The van der Waals surface area contributed by atoms with Crippen LogP contribution in [0.15, 0.2) is 54.6 Å². The molecule has 0 fully saturated rings. The van der Waals surface area contributed by atoms with E-state index in [2.05, 4.69) is 23.5 Å². The Labute approximate surface area is 147 Å². The van der Waals surface area contributed by atoms with Crippen LogP contribution in [0, 0.1) is 6.92 Å². The average Bonchev–Trinajstić information content (AvgIpc) is 2.57. The van der Waals surface area contributed by atoms with E-state index in [1.807, 2.05) is 25.1 Å². The highest BCUT2D eigenvalue weighted by Gasteiger charge is 2.04. The fourth-order valence-corrected chi connectivity index (χ4v) is 2.75. The van der Waals surface area contributed by atoms with Gasteiger partial charge in [0.15, 0.2) is 0 Å². The minimum Gasteiger partial charge on any atom is -0.508 e. The Kier molecular flexibility index (Phi) is 4.89. The van der Waals surface area contributed by atoms with Crippen LogP contribution in [-0.2, 0) is 11.2 Å². The van der Waals surface area contributed by atoms with E-state index >= 15 is 0 Å².